The predicted octanol–water partition coefficient (Wildman–Crippen LogP) is 3.89. The third-order valence-corrected chi connectivity index (χ3v) is 2.86. The summed E-state index contributed by atoms with van der Waals surface area (Å²) in [5.74, 6) is 0.567. The number of hydrogen-bond acceptors (Lipinski definition) is 2. The van der Waals surface area contributed by atoms with Gasteiger partial charge in [-0.2, -0.15) is 13.2 Å². The maximum atomic E-state index is 11.9. The largest absolute Gasteiger partial charge is 0.492 e. The van der Waals surface area contributed by atoms with Gasteiger partial charge in [-0.25, -0.2) is 0 Å². The predicted molar refractivity (Wildman–Crippen MR) is 67.7 cm³/mol. The molecule has 102 valence electrons. The molecule has 0 bridgehead atoms. The van der Waals surface area contributed by atoms with Gasteiger partial charge in [0.2, 0.25) is 0 Å². The van der Waals surface area contributed by atoms with Gasteiger partial charge in [0, 0.05) is 13.0 Å². The minimum atomic E-state index is -4.11. The van der Waals surface area contributed by atoms with E-state index in [4.69, 9.17) is 4.74 Å². The topological polar surface area (TPSA) is 21.3 Å². The zero-order valence-electron chi connectivity index (χ0n) is 9.98. The Bertz CT molecular complexity index is 382. The minimum Gasteiger partial charge on any atom is -0.492 e. The van der Waals surface area contributed by atoms with E-state index in [-0.39, 0.29) is 13.0 Å². The van der Waals surface area contributed by atoms with Crippen LogP contribution < -0.4 is 10.1 Å². The Morgan fingerprint density at radius 3 is 2.61 bits per heavy atom. The van der Waals surface area contributed by atoms with Crippen molar-refractivity contribution in [1.29, 1.82) is 0 Å². The Hall–Kier alpha value is -0.750. The van der Waals surface area contributed by atoms with E-state index < -0.39 is 12.6 Å². The Labute approximate surface area is 113 Å². The number of halogens is 4. The first-order valence-corrected chi connectivity index (χ1v) is 6.34. The molecule has 1 N–H and O–H groups in total. The number of benzene rings is 1. The number of hydrogen-bond donors (Lipinski definition) is 1. The molecule has 0 aromatic heterocycles. The van der Waals surface area contributed by atoms with Crippen LogP contribution in [0.25, 0.3) is 0 Å². The molecule has 0 aliphatic rings. The van der Waals surface area contributed by atoms with Crippen molar-refractivity contribution >= 4 is 15.9 Å². The highest BCUT2D eigenvalue weighted by molar-refractivity contribution is 9.10. The van der Waals surface area contributed by atoms with Crippen LogP contribution in [0.4, 0.5) is 13.2 Å². The normalized spacial score (nSPS) is 11.6. The van der Waals surface area contributed by atoms with Gasteiger partial charge in [0.15, 0.2) is 0 Å². The van der Waals surface area contributed by atoms with Gasteiger partial charge in [-0.05, 0) is 47.1 Å². The second kappa shape index (κ2) is 6.99. The van der Waals surface area contributed by atoms with Crippen LogP contribution in [0.1, 0.15) is 18.4 Å². The van der Waals surface area contributed by atoms with E-state index in [1.807, 2.05) is 19.2 Å². The monoisotopic (exact) mass is 325 g/mol. The van der Waals surface area contributed by atoms with Crippen LogP contribution in [0.2, 0.25) is 0 Å². The smallest absolute Gasteiger partial charge is 0.389 e. The molecule has 0 saturated heterocycles. The van der Waals surface area contributed by atoms with Crippen molar-refractivity contribution in [2.45, 2.75) is 25.6 Å². The standard InChI is InChI=1S/C12H15BrF3NO/c1-17-8-9-3-4-11(10(13)7-9)18-6-2-5-12(14,15)16/h3-4,7,17H,2,5-6,8H2,1H3. The summed E-state index contributed by atoms with van der Waals surface area (Å²) in [4.78, 5) is 0. The maximum Gasteiger partial charge on any atom is 0.389 e. The Morgan fingerprint density at radius 2 is 2.06 bits per heavy atom. The van der Waals surface area contributed by atoms with Crippen molar-refractivity contribution in [3.05, 3.63) is 28.2 Å². The molecular formula is C12H15BrF3NO. The van der Waals surface area contributed by atoms with Gasteiger partial charge in [0.1, 0.15) is 5.75 Å². The average molecular weight is 326 g/mol. The van der Waals surface area contributed by atoms with Crippen LogP contribution in [0.5, 0.6) is 5.75 Å². The Balaban J connectivity index is 2.43. The van der Waals surface area contributed by atoms with Gasteiger partial charge in [0.25, 0.3) is 0 Å². The molecule has 1 aromatic rings. The molecule has 0 heterocycles. The summed E-state index contributed by atoms with van der Waals surface area (Å²) in [6.07, 6.45) is -4.96. The fraction of sp³-hybridized carbons (Fsp3) is 0.500. The third-order valence-electron chi connectivity index (χ3n) is 2.24. The molecule has 0 unspecified atom stereocenters. The van der Waals surface area contributed by atoms with E-state index in [2.05, 4.69) is 21.2 Å². The van der Waals surface area contributed by atoms with Gasteiger partial charge >= 0.3 is 6.18 Å². The van der Waals surface area contributed by atoms with Crippen molar-refractivity contribution in [3.63, 3.8) is 0 Å². The Morgan fingerprint density at radius 1 is 1.33 bits per heavy atom. The molecule has 1 rings (SSSR count). The lowest BCUT2D eigenvalue weighted by Crippen LogP contribution is -2.10. The first kappa shape index (κ1) is 15.3. The summed E-state index contributed by atoms with van der Waals surface area (Å²) in [5.41, 5.74) is 1.08. The van der Waals surface area contributed by atoms with Crippen LogP contribution >= 0.6 is 15.9 Å². The summed E-state index contributed by atoms with van der Waals surface area (Å²) < 4.78 is 41.8. The molecule has 0 radical (unpaired) electrons. The summed E-state index contributed by atoms with van der Waals surface area (Å²) in [6.45, 7) is 0.788. The molecule has 0 aliphatic carbocycles. The van der Waals surface area contributed by atoms with E-state index in [0.29, 0.717) is 5.75 Å². The zero-order chi connectivity index (χ0) is 13.6. The molecule has 0 amide bonds. The molecule has 0 atom stereocenters. The molecule has 2 nitrogen and oxygen atoms in total. The van der Waals surface area contributed by atoms with Gasteiger partial charge in [-0.3, -0.25) is 0 Å². The van der Waals surface area contributed by atoms with Crippen LogP contribution in [-0.2, 0) is 6.54 Å². The SMILES string of the molecule is CNCc1ccc(OCCCC(F)(F)F)c(Br)c1. The summed E-state index contributed by atoms with van der Waals surface area (Å²) in [6, 6.07) is 5.51. The molecule has 18 heavy (non-hydrogen) atoms. The lowest BCUT2D eigenvalue weighted by molar-refractivity contribution is -0.136. The fourth-order valence-electron chi connectivity index (χ4n) is 1.43. The van der Waals surface area contributed by atoms with Crippen molar-refractivity contribution in [3.8, 4) is 5.75 Å². The lowest BCUT2D eigenvalue weighted by Gasteiger charge is -2.10. The number of nitrogens with one attached hydrogen (secondary N) is 1. The van der Waals surface area contributed by atoms with E-state index >= 15 is 0 Å². The lowest BCUT2D eigenvalue weighted by atomic mass is 10.2. The van der Waals surface area contributed by atoms with E-state index in [1.54, 1.807) is 6.07 Å². The second-order valence-electron chi connectivity index (χ2n) is 3.86. The van der Waals surface area contributed by atoms with Crippen LogP contribution in [0.3, 0.4) is 0 Å². The molecule has 0 fully saturated rings. The van der Waals surface area contributed by atoms with Gasteiger partial charge in [0.05, 0.1) is 11.1 Å². The number of ether oxygens (including phenoxy) is 1. The zero-order valence-corrected chi connectivity index (χ0v) is 11.6. The molecule has 1 aromatic carbocycles. The molecular weight excluding hydrogens is 311 g/mol. The second-order valence-corrected chi connectivity index (χ2v) is 4.72. The summed E-state index contributed by atoms with van der Waals surface area (Å²) >= 11 is 3.33. The van der Waals surface area contributed by atoms with Crippen molar-refractivity contribution in [1.82, 2.24) is 5.32 Å². The van der Waals surface area contributed by atoms with Crippen LogP contribution in [0.15, 0.2) is 22.7 Å². The Kier molecular flexibility index (Phi) is 5.95. The van der Waals surface area contributed by atoms with E-state index in [0.717, 1.165) is 16.6 Å². The van der Waals surface area contributed by atoms with E-state index in [1.165, 1.54) is 0 Å². The highest BCUT2D eigenvalue weighted by atomic mass is 79.9. The van der Waals surface area contributed by atoms with Crippen molar-refractivity contribution in [2.75, 3.05) is 13.7 Å². The molecule has 0 spiro atoms. The third kappa shape index (κ3) is 5.73. The van der Waals surface area contributed by atoms with E-state index in [9.17, 15) is 13.2 Å². The van der Waals surface area contributed by atoms with Crippen LogP contribution in [0, 0.1) is 0 Å². The minimum absolute atomic E-state index is 0.0335. The van der Waals surface area contributed by atoms with Gasteiger partial charge < -0.3 is 10.1 Å². The average Bonchev–Trinajstić information content (AvgIpc) is 2.26. The van der Waals surface area contributed by atoms with Crippen LogP contribution in [-0.4, -0.2) is 19.8 Å². The van der Waals surface area contributed by atoms with Crippen molar-refractivity contribution < 1.29 is 17.9 Å². The quantitative estimate of drug-likeness (QED) is 0.801. The first-order valence-electron chi connectivity index (χ1n) is 5.55. The number of rotatable bonds is 6. The summed E-state index contributed by atoms with van der Waals surface area (Å²) in [5, 5.41) is 3.01. The summed E-state index contributed by atoms with van der Waals surface area (Å²) in [7, 11) is 1.84. The molecule has 0 saturated carbocycles. The highest BCUT2D eigenvalue weighted by Crippen LogP contribution is 2.27. The van der Waals surface area contributed by atoms with Gasteiger partial charge in [-0.1, -0.05) is 6.07 Å². The van der Waals surface area contributed by atoms with Gasteiger partial charge in [-0.15, -0.1) is 0 Å². The maximum absolute atomic E-state index is 11.9. The van der Waals surface area contributed by atoms with Crippen molar-refractivity contribution in [2.24, 2.45) is 0 Å². The first-order chi connectivity index (χ1) is 8.42. The fourth-order valence-corrected chi connectivity index (χ4v) is 1.97. The number of alkyl halides is 3. The molecule has 0 aliphatic heterocycles. The molecule has 6 heteroatoms. The highest BCUT2D eigenvalue weighted by Gasteiger charge is 2.26.